The van der Waals surface area contributed by atoms with E-state index in [-0.39, 0.29) is 11.8 Å². The lowest BCUT2D eigenvalue weighted by Crippen LogP contribution is -2.47. The Kier molecular flexibility index (Phi) is 6.30. The first-order valence-electron chi connectivity index (χ1n) is 8.79. The monoisotopic (exact) mass is 359 g/mol. The number of nitrogens with one attached hydrogen (secondary N) is 2. The van der Waals surface area contributed by atoms with E-state index in [1.165, 1.54) is 0 Å². The number of aromatic nitrogens is 1. The molecule has 0 radical (unpaired) electrons. The summed E-state index contributed by atoms with van der Waals surface area (Å²) in [7, 11) is 0. The molecule has 0 saturated carbocycles. The molecule has 5 heteroatoms. The number of rotatable bonds is 7. The Morgan fingerprint density at radius 1 is 0.852 bits per heavy atom. The molecule has 0 aliphatic rings. The Morgan fingerprint density at radius 2 is 1.52 bits per heavy atom. The SMILES string of the molecule is O=C(N[C@H](Cc1ccccc1)C(=O)NCc1cccnc1)c1ccccc1. The van der Waals surface area contributed by atoms with Crippen molar-refractivity contribution < 1.29 is 9.59 Å². The second kappa shape index (κ2) is 9.29. The van der Waals surface area contributed by atoms with Gasteiger partial charge in [0.25, 0.3) is 5.91 Å². The minimum absolute atomic E-state index is 0.230. The molecule has 2 aromatic carbocycles. The van der Waals surface area contributed by atoms with Crippen LogP contribution in [0.4, 0.5) is 0 Å². The van der Waals surface area contributed by atoms with E-state index in [1.807, 2.05) is 48.5 Å². The van der Waals surface area contributed by atoms with E-state index >= 15 is 0 Å². The normalized spacial score (nSPS) is 11.4. The van der Waals surface area contributed by atoms with E-state index in [1.54, 1.807) is 36.7 Å². The molecule has 2 N–H and O–H groups in total. The van der Waals surface area contributed by atoms with Crippen LogP contribution in [-0.2, 0) is 17.8 Å². The fourth-order valence-electron chi connectivity index (χ4n) is 2.71. The zero-order chi connectivity index (χ0) is 18.9. The lowest BCUT2D eigenvalue weighted by atomic mass is 10.0. The summed E-state index contributed by atoms with van der Waals surface area (Å²) in [5.74, 6) is -0.500. The highest BCUT2D eigenvalue weighted by atomic mass is 16.2. The molecule has 0 aliphatic carbocycles. The summed E-state index contributed by atoms with van der Waals surface area (Å²) in [4.78, 5) is 29.3. The largest absolute Gasteiger partial charge is 0.350 e. The maximum Gasteiger partial charge on any atom is 0.251 e. The van der Waals surface area contributed by atoms with Crippen molar-refractivity contribution in [1.29, 1.82) is 0 Å². The molecule has 1 heterocycles. The number of carbonyl (C=O) groups excluding carboxylic acids is 2. The van der Waals surface area contributed by atoms with Gasteiger partial charge in [0.1, 0.15) is 6.04 Å². The molecule has 3 aromatic rings. The van der Waals surface area contributed by atoms with Crippen molar-refractivity contribution in [3.05, 3.63) is 102 Å². The molecular weight excluding hydrogens is 338 g/mol. The molecule has 3 rings (SSSR count). The van der Waals surface area contributed by atoms with E-state index in [9.17, 15) is 9.59 Å². The van der Waals surface area contributed by atoms with Gasteiger partial charge in [-0.1, -0.05) is 54.6 Å². The van der Waals surface area contributed by atoms with Crippen molar-refractivity contribution in [3.63, 3.8) is 0 Å². The number of benzene rings is 2. The van der Waals surface area contributed by atoms with Crippen LogP contribution in [-0.4, -0.2) is 22.8 Å². The Morgan fingerprint density at radius 3 is 2.19 bits per heavy atom. The summed E-state index contributed by atoms with van der Waals surface area (Å²) in [6.07, 6.45) is 3.80. The second-order valence-electron chi connectivity index (χ2n) is 6.16. The predicted molar refractivity (Wildman–Crippen MR) is 104 cm³/mol. The number of hydrogen-bond acceptors (Lipinski definition) is 3. The van der Waals surface area contributed by atoms with Crippen molar-refractivity contribution in [3.8, 4) is 0 Å². The number of hydrogen-bond donors (Lipinski definition) is 2. The third kappa shape index (κ3) is 5.51. The van der Waals surface area contributed by atoms with Crippen LogP contribution in [0.2, 0.25) is 0 Å². The van der Waals surface area contributed by atoms with Crippen LogP contribution in [0.5, 0.6) is 0 Å². The first kappa shape index (κ1) is 18.3. The summed E-state index contributed by atoms with van der Waals surface area (Å²) >= 11 is 0. The molecule has 0 saturated heterocycles. The van der Waals surface area contributed by atoms with Gasteiger partial charge in [-0.2, -0.15) is 0 Å². The van der Waals surface area contributed by atoms with Gasteiger partial charge in [0.05, 0.1) is 0 Å². The van der Waals surface area contributed by atoms with Gasteiger partial charge in [0.2, 0.25) is 5.91 Å². The fraction of sp³-hybridized carbons (Fsp3) is 0.136. The number of pyridine rings is 1. The zero-order valence-electron chi connectivity index (χ0n) is 14.8. The summed E-state index contributed by atoms with van der Waals surface area (Å²) in [5.41, 5.74) is 2.40. The van der Waals surface area contributed by atoms with Crippen LogP contribution in [0, 0.1) is 0 Å². The average Bonchev–Trinajstić information content (AvgIpc) is 2.73. The maximum absolute atomic E-state index is 12.7. The smallest absolute Gasteiger partial charge is 0.251 e. The molecule has 5 nitrogen and oxygen atoms in total. The van der Waals surface area contributed by atoms with Crippen LogP contribution in [0.25, 0.3) is 0 Å². The van der Waals surface area contributed by atoms with Gasteiger partial charge in [-0.15, -0.1) is 0 Å². The highest BCUT2D eigenvalue weighted by Crippen LogP contribution is 2.06. The van der Waals surface area contributed by atoms with Crippen molar-refractivity contribution in [2.45, 2.75) is 19.0 Å². The lowest BCUT2D eigenvalue weighted by molar-refractivity contribution is -0.123. The van der Waals surface area contributed by atoms with Crippen LogP contribution >= 0.6 is 0 Å². The van der Waals surface area contributed by atoms with Crippen LogP contribution in [0.3, 0.4) is 0 Å². The summed E-state index contributed by atoms with van der Waals surface area (Å²) in [6, 6.07) is 21.6. The van der Waals surface area contributed by atoms with Gasteiger partial charge in [-0.05, 0) is 29.3 Å². The first-order valence-corrected chi connectivity index (χ1v) is 8.79. The topological polar surface area (TPSA) is 71.1 Å². The van der Waals surface area contributed by atoms with E-state index in [4.69, 9.17) is 0 Å². The standard InChI is InChI=1S/C22H21N3O2/c26-21(19-11-5-2-6-12-19)25-20(14-17-8-3-1-4-9-17)22(27)24-16-18-10-7-13-23-15-18/h1-13,15,20H,14,16H2,(H,24,27)(H,25,26)/t20-/m1/s1. The van der Waals surface area contributed by atoms with Gasteiger partial charge in [0.15, 0.2) is 0 Å². The molecule has 1 aromatic heterocycles. The van der Waals surface area contributed by atoms with Crippen LogP contribution in [0.15, 0.2) is 85.2 Å². The molecule has 0 unspecified atom stereocenters. The highest BCUT2D eigenvalue weighted by molar-refractivity contribution is 5.97. The summed E-state index contributed by atoms with van der Waals surface area (Å²) in [6.45, 7) is 0.360. The first-order chi connectivity index (χ1) is 13.2. The summed E-state index contributed by atoms with van der Waals surface area (Å²) < 4.78 is 0. The Balaban J connectivity index is 1.70. The van der Waals surface area contributed by atoms with Gasteiger partial charge in [0, 0.05) is 30.9 Å². The van der Waals surface area contributed by atoms with Gasteiger partial charge >= 0.3 is 0 Å². The summed E-state index contributed by atoms with van der Waals surface area (Å²) in [5, 5.41) is 5.73. The van der Waals surface area contributed by atoms with Crippen molar-refractivity contribution in [2.75, 3.05) is 0 Å². The zero-order valence-corrected chi connectivity index (χ0v) is 14.8. The third-order valence-corrected chi connectivity index (χ3v) is 4.13. The van der Waals surface area contributed by atoms with E-state index in [2.05, 4.69) is 15.6 Å². The quantitative estimate of drug-likeness (QED) is 0.681. The average molecular weight is 359 g/mol. The molecule has 0 bridgehead atoms. The lowest BCUT2D eigenvalue weighted by Gasteiger charge is -2.19. The predicted octanol–water partition coefficient (Wildman–Crippen LogP) is 2.74. The number of amides is 2. The minimum atomic E-state index is -0.670. The molecule has 2 amide bonds. The van der Waals surface area contributed by atoms with Gasteiger partial charge in [-0.25, -0.2) is 0 Å². The highest BCUT2D eigenvalue weighted by Gasteiger charge is 2.21. The Hall–Kier alpha value is -3.47. The Bertz CT molecular complexity index is 868. The fourth-order valence-corrected chi connectivity index (χ4v) is 2.71. The molecule has 27 heavy (non-hydrogen) atoms. The second-order valence-corrected chi connectivity index (χ2v) is 6.16. The van der Waals surface area contributed by atoms with E-state index < -0.39 is 6.04 Å². The third-order valence-electron chi connectivity index (χ3n) is 4.13. The molecule has 1 atom stereocenters. The number of nitrogens with zero attached hydrogens (tertiary/aromatic N) is 1. The molecule has 136 valence electrons. The number of carbonyl (C=O) groups is 2. The van der Waals surface area contributed by atoms with Crippen LogP contribution < -0.4 is 10.6 Å². The van der Waals surface area contributed by atoms with Crippen molar-refractivity contribution in [2.24, 2.45) is 0 Å². The molecule has 0 fully saturated rings. The minimum Gasteiger partial charge on any atom is -0.350 e. The Labute approximate surface area is 158 Å². The van der Waals surface area contributed by atoms with Gasteiger partial charge < -0.3 is 10.6 Å². The molecular formula is C22H21N3O2. The maximum atomic E-state index is 12.7. The van der Waals surface area contributed by atoms with E-state index in [0.717, 1.165) is 11.1 Å². The van der Waals surface area contributed by atoms with Crippen molar-refractivity contribution in [1.82, 2.24) is 15.6 Å². The van der Waals surface area contributed by atoms with Crippen molar-refractivity contribution >= 4 is 11.8 Å². The molecule has 0 spiro atoms. The van der Waals surface area contributed by atoms with Crippen LogP contribution in [0.1, 0.15) is 21.5 Å². The van der Waals surface area contributed by atoms with E-state index in [0.29, 0.717) is 18.5 Å². The van der Waals surface area contributed by atoms with Gasteiger partial charge in [-0.3, -0.25) is 14.6 Å². The molecule has 0 aliphatic heterocycles.